The van der Waals surface area contributed by atoms with Crippen molar-refractivity contribution in [2.75, 3.05) is 36.5 Å². The van der Waals surface area contributed by atoms with Gasteiger partial charge in [-0.2, -0.15) is 4.98 Å². The van der Waals surface area contributed by atoms with E-state index in [1.807, 2.05) is 52.3 Å². The average Bonchev–Trinajstić information content (AvgIpc) is 3.46. The average molecular weight is 404 g/mol. The van der Waals surface area contributed by atoms with Gasteiger partial charge < -0.3 is 19.1 Å². The lowest BCUT2D eigenvalue weighted by Crippen LogP contribution is -2.44. The SMILES string of the molecule is COc1ccc(-c2noc(N3CCC[C@@H](C(=O)N4CCc5ccccc54)C3)n2)cc1. The summed E-state index contributed by atoms with van der Waals surface area (Å²) in [5.41, 5.74) is 3.17. The second kappa shape index (κ2) is 7.82. The van der Waals surface area contributed by atoms with Crippen molar-refractivity contribution in [2.24, 2.45) is 5.92 Å². The van der Waals surface area contributed by atoms with Gasteiger partial charge in [0.15, 0.2) is 0 Å². The van der Waals surface area contributed by atoms with Crippen LogP contribution in [0, 0.1) is 5.92 Å². The zero-order valence-corrected chi connectivity index (χ0v) is 17.0. The molecule has 1 amide bonds. The zero-order valence-electron chi connectivity index (χ0n) is 17.0. The van der Waals surface area contributed by atoms with Crippen LogP contribution in [-0.4, -0.2) is 42.8 Å². The fourth-order valence-corrected chi connectivity index (χ4v) is 4.34. The van der Waals surface area contributed by atoms with Crippen molar-refractivity contribution in [3.8, 4) is 17.1 Å². The second-order valence-electron chi connectivity index (χ2n) is 7.78. The second-order valence-corrected chi connectivity index (χ2v) is 7.78. The normalized spacial score (nSPS) is 18.4. The number of benzene rings is 2. The van der Waals surface area contributed by atoms with Crippen molar-refractivity contribution in [2.45, 2.75) is 19.3 Å². The molecule has 1 aromatic heterocycles. The van der Waals surface area contributed by atoms with Gasteiger partial charge in [0.2, 0.25) is 11.7 Å². The number of ether oxygens (including phenoxy) is 1. The van der Waals surface area contributed by atoms with Crippen molar-refractivity contribution in [1.29, 1.82) is 0 Å². The van der Waals surface area contributed by atoms with Gasteiger partial charge in [-0.05, 0) is 55.2 Å². The highest BCUT2D eigenvalue weighted by molar-refractivity contribution is 5.97. The Labute approximate surface area is 175 Å². The Kier molecular flexibility index (Phi) is 4.86. The fourth-order valence-electron chi connectivity index (χ4n) is 4.34. The molecule has 7 nitrogen and oxygen atoms in total. The first-order valence-electron chi connectivity index (χ1n) is 10.4. The Hall–Kier alpha value is -3.35. The number of anilines is 2. The first-order chi connectivity index (χ1) is 14.7. The number of aromatic nitrogens is 2. The van der Waals surface area contributed by atoms with Crippen molar-refractivity contribution in [1.82, 2.24) is 10.1 Å². The lowest BCUT2D eigenvalue weighted by Gasteiger charge is -2.32. The van der Waals surface area contributed by atoms with Crippen LogP contribution in [0.4, 0.5) is 11.7 Å². The lowest BCUT2D eigenvalue weighted by atomic mass is 9.96. The van der Waals surface area contributed by atoms with Crippen LogP contribution in [0.25, 0.3) is 11.4 Å². The number of fused-ring (bicyclic) bond motifs is 1. The highest BCUT2D eigenvalue weighted by Gasteiger charge is 2.34. The summed E-state index contributed by atoms with van der Waals surface area (Å²) in [4.78, 5) is 21.8. The molecule has 1 atom stereocenters. The van der Waals surface area contributed by atoms with E-state index in [9.17, 15) is 4.79 Å². The van der Waals surface area contributed by atoms with E-state index in [0.29, 0.717) is 18.4 Å². The molecule has 2 aromatic carbocycles. The Bertz CT molecular complexity index is 1050. The predicted octanol–water partition coefficient (Wildman–Crippen LogP) is 3.55. The van der Waals surface area contributed by atoms with E-state index in [4.69, 9.17) is 9.26 Å². The highest BCUT2D eigenvalue weighted by Crippen LogP contribution is 2.32. The molecule has 30 heavy (non-hydrogen) atoms. The molecule has 5 rings (SSSR count). The smallest absolute Gasteiger partial charge is 0.324 e. The summed E-state index contributed by atoms with van der Waals surface area (Å²) in [5.74, 6) is 1.44. The van der Waals surface area contributed by atoms with E-state index in [0.717, 1.165) is 49.4 Å². The number of para-hydroxylation sites is 1. The van der Waals surface area contributed by atoms with Gasteiger partial charge in [0.05, 0.1) is 13.0 Å². The summed E-state index contributed by atoms with van der Waals surface area (Å²) in [6.45, 7) is 2.17. The maximum atomic E-state index is 13.2. The number of carbonyl (C=O) groups excluding carboxylic acids is 1. The third kappa shape index (κ3) is 3.40. The molecule has 0 radical (unpaired) electrons. The molecule has 2 aliphatic rings. The molecular formula is C23H24N4O3. The summed E-state index contributed by atoms with van der Waals surface area (Å²) >= 11 is 0. The molecule has 0 aliphatic carbocycles. The van der Waals surface area contributed by atoms with E-state index in [-0.39, 0.29) is 11.8 Å². The van der Waals surface area contributed by atoms with Gasteiger partial charge in [0.25, 0.3) is 0 Å². The van der Waals surface area contributed by atoms with Crippen molar-refractivity contribution in [3.63, 3.8) is 0 Å². The van der Waals surface area contributed by atoms with Gasteiger partial charge in [-0.15, -0.1) is 0 Å². The molecule has 0 N–H and O–H groups in total. The largest absolute Gasteiger partial charge is 0.497 e. The van der Waals surface area contributed by atoms with E-state index < -0.39 is 0 Å². The van der Waals surface area contributed by atoms with Gasteiger partial charge >= 0.3 is 6.01 Å². The van der Waals surface area contributed by atoms with Crippen molar-refractivity contribution < 1.29 is 14.1 Å². The number of hydrogen-bond donors (Lipinski definition) is 0. The number of amides is 1. The minimum absolute atomic E-state index is 0.0683. The Balaban J connectivity index is 1.30. The number of hydrogen-bond acceptors (Lipinski definition) is 6. The summed E-state index contributed by atoms with van der Waals surface area (Å²) in [6, 6.07) is 16.2. The molecule has 0 spiro atoms. The Morgan fingerprint density at radius 2 is 1.97 bits per heavy atom. The quantitative estimate of drug-likeness (QED) is 0.662. The van der Waals surface area contributed by atoms with Crippen LogP contribution in [0.15, 0.2) is 53.1 Å². The van der Waals surface area contributed by atoms with Crippen LogP contribution >= 0.6 is 0 Å². The predicted molar refractivity (Wildman–Crippen MR) is 114 cm³/mol. The Morgan fingerprint density at radius 3 is 2.80 bits per heavy atom. The number of carbonyl (C=O) groups is 1. The number of rotatable bonds is 4. The fraction of sp³-hybridized carbons (Fsp3) is 0.348. The molecule has 154 valence electrons. The van der Waals surface area contributed by atoms with Crippen LogP contribution < -0.4 is 14.5 Å². The van der Waals surface area contributed by atoms with Gasteiger partial charge in [-0.3, -0.25) is 4.79 Å². The summed E-state index contributed by atoms with van der Waals surface area (Å²) in [5, 5.41) is 4.13. The van der Waals surface area contributed by atoms with Crippen LogP contribution in [0.1, 0.15) is 18.4 Å². The standard InChI is InChI=1S/C23H24N4O3/c1-29-19-10-8-17(9-11-19)21-24-23(30-25-21)26-13-4-6-18(15-26)22(28)27-14-12-16-5-2-3-7-20(16)27/h2-3,5,7-11,18H,4,6,12-15H2,1H3/t18-/m1/s1. The molecule has 1 fully saturated rings. The van der Waals surface area contributed by atoms with Gasteiger partial charge in [-0.1, -0.05) is 23.4 Å². The highest BCUT2D eigenvalue weighted by atomic mass is 16.5. The van der Waals surface area contributed by atoms with Crippen molar-refractivity contribution >= 4 is 17.6 Å². The zero-order chi connectivity index (χ0) is 20.5. The summed E-state index contributed by atoms with van der Waals surface area (Å²) < 4.78 is 10.7. The van der Waals surface area contributed by atoms with Gasteiger partial charge in [0.1, 0.15) is 5.75 Å². The van der Waals surface area contributed by atoms with Gasteiger partial charge in [-0.25, -0.2) is 0 Å². The third-order valence-corrected chi connectivity index (χ3v) is 5.96. The molecule has 7 heteroatoms. The van der Waals surface area contributed by atoms with E-state index in [1.54, 1.807) is 7.11 Å². The van der Waals surface area contributed by atoms with Gasteiger partial charge in [0, 0.05) is 30.9 Å². The maximum Gasteiger partial charge on any atom is 0.324 e. The molecular weight excluding hydrogens is 380 g/mol. The Morgan fingerprint density at radius 1 is 1.13 bits per heavy atom. The maximum absolute atomic E-state index is 13.2. The molecule has 3 heterocycles. The first-order valence-corrected chi connectivity index (χ1v) is 10.4. The number of methoxy groups -OCH3 is 1. The van der Waals surface area contributed by atoms with E-state index >= 15 is 0 Å². The summed E-state index contributed by atoms with van der Waals surface area (Å²) in [7, 11) is 1.64. The monoisotopic (exact) mass is 404 g/mol. The van der Waals surface area contributed by atoms with Crippen LogP contribution in [0.2, 0.25) is 0 Å². The van der Waals surface area contributed by atoms with E-state index in [2.05, 4.69) is 16.2 Å². The lowest BCUT2D eigenvalue weighted by molar-refractivity contribution is -0.122. The van der Waals surface area contributed by atoms with Crippen LogP contribution in [0.5, 0.6) is 5.75 Å². The van der Waals surface area contributed by atoms with Crippen molar-refractivity contribution in [3.05, 3.63) is 54.1 Å². The number of nitrogens with zero attached hydrogens (tertiary/aromatic N) is 4. The molecule has 0 bridgehead atoms. The topological polar surface area (TPSA) is 71.7 Å². The van der Waals surface area contributed by atoms with Crippen LogP contribution in [-0.2, 0) is 11.2 Å². The summed E-state index contributed by atoms with van der Waals surface area (Å²) in [6.07, 6.45) is 2.73. The minimum atomic E-state index is -0.0683. The molecule has 0 saturated carbocycles. The minimum Gasteiger partial charge on any atom is -0.497 e. The van der Waals surface area contributed by atoms with E-state index in [1.165, 1.54) is 5.56 Å². The molecule has 1 saturated heterocycles. The molecule has 0 unspecified atom stereocenters. The first kappa shape index (κ1) is 18.7. The molecule has 2 aliphatic heterocycles. The number of piperidine rings is 1. The van der Waals surface area contributed by atoms with Crippen LogP contribution in [0.3, 0.4) is 0 Å². The molecule has 3 aromatic rings. The third-order valence-electron chi connectivity index (χ3n) is 5.96.